The Morgan fingerprint density at radius 3 is 2.12 bits per heavy atom. The lowest BCUT2D eigenvalue weighted by molar-refractivity contribution is 0.669. The molecule has 0 amide bonds. The zero-order chi connectivity index (χ0) is 35.0. The lowest BCUT2D eigenvalue weighted by Gasteiger charge is -2.25. The largest absolute Gasteiger partial charge is 0.455 e. The van der Waals surface area contributed by atoms with Crippen LogP contribution >= 0.6 is 0 Å². The van der Waals surface area contributed by atoms with Crippen LogP contribution in [0.5, 0.6) is 0 Å². The standard InChI is InChI=1S/C47H44N2OSi/c1-29(2)39-25-35(34-20-19-32-23-24-51(5,6)44(32)28-34)26-40(30(3)4)45(39)49-42-18-11-10-17-41(42)48-47(49)38-16-12-15-37-36-22-21-33(27-43(36)50-46(37)38)31-13-8-7-9-14-31/h7-22,25-30H,23-24H2,1-6H3. The number of hydrogen-bond donors (Lipinski definition) is 0. The van der Waals surface area contributed by atoms with E-state index in [0.717, 1.165) is 49.9 Å². The van der Waals surface area contributed by atoms with E-state index in [9.17, 15) is 0 Å². The van der Waals surface area contributed by atoms with Gasteiger partial charge < -0.3 is 4.42 Å². The van der Waals surface area contributed by atoms with E-state index in [1.807, 2.05) is 0 Å². The third-order valence-electron chi connectivity index (χ3n) is 11.2. The van der Waals surface area contributed by atoms with Crippen LogP contribution < -0.4 is 5.19 Å². The third kappa shape index (κ3) is 5.19. The molecule has 252 valence electrons. The smallest absolute Gasteiger partial charge is 0.149 e. The van der Waals surface area contributed by atoms with Crippen molar-refractivity contribution in [2.24, 2.45) is 0 Å². The minimum Gasteiger partial charge on any atom is -0.455 e. The van der Waals surface area contributed by atoms with E-state index in [4.69, 9.17) is 9.40 Å². The second kappa shape index (κ2) is 12.0. The molecule has 0 saturated heterocycles. The third-order valence-corrected chi connectivity index (χ3v) is 14.7. The molecule has 0 fully saturated rings. The van der Waals surface area contributed by atoms with Gasteiger partial charge in [0.2, 0.25) is 0 Å². The Kier molecular flexibility index (Phi) is 7.45. The maximum Gasteiger partial charge on any atom is 0.149 e. The molecule has 0 N–H and O–H groups in total. The fraction of sp³-hybridized carbons (Fsp3) is 0.213. The first-order valence-electron chi connectivity index (χ1n) is 18.5. The number of nitrogens with zero attached hydrogens (tertiary/aromatic N) is 2. The first-order chi connectivity index (χ1) is 24.7. The summed E-state index contributed by atoms with van der Waals surface area (Å²) in [6.45, 7) is 14.4. The molecule has 51 heavy (non-hydrogen) atoms. The van der Waals surface area contributed by atoms with Crippen molar-refractivity contribution >= 4 is 46.2 Å². The molecule has 1 aliphatic rings. The van der Waals surface area contributed by atoms with E-state index < -0.39 is 8.07 Å². The summed E-state index contributed by atoms with van der Waals surface area (Å²) < 4.78 is 9.25. The Hall–Kier alpha value is -5.19. The molecule has 0 atom stereocenters. The Morgan fingerprint density at radius 2 is 1.35 bits per heavy atom. The van der Waals surface area contributed by atoms with Crippen molar-refractivity contribution in [3.05, 3.63) is 138 Å². The van der Waals surface area contributed by atoms with Gasteiger partial charge >= 0.3 is 0 Å². The van der Waals surface area contributed by atoms with Gasteiger partial charge in [-0.15, -0.1) is 0 Å². The predicted molar refractivity (Wildman–Crippen MR) is 218 cm³/mol. The molecule has 1 aliphatic heterocycles. The van der Waals surface area contributed by atoms with E-state index >= 15 is 0 Å². The number of rotatable bonds is 6. The van der Waals surface area contributed by atoms with Crippen molar-refractivity contribution < 1.29 is 4.42 Å². The monoisotopic (exact) mass is 680 g/mol. The summed E-state index contributed by atoms with van der Waals surface area (Å²) in [7, 11) is -1.40. The van der Waals surface area contributed by atoms with E-state index in [0.29, 0.717) is 11.8 Å². The van der Waals surface area contributed by atoms with Crippen molar-refractivity contribution in [1.82, 2.24) is 9.55 Å². The highest BCUT2D eigenvalue weighted by Crippen LogP contribution is 2.43. The highest BCUT2D eigenvalue weighted by atomic mass is 28.3. The molecular weight excluding hydrogens is 637 g/mol. The van der Waals surface area contributed by atoms with E-state index in [1.54, 1.807) is 10.8 Å². The minimum absolute atomic E-state index is 0.296. The van der Waals surface area contributed by atoms with Gasteiger partial charge in [-0.25, -0.2) is 4.98 Å². The number of para-hydroxylation sites is 3. The molecular formula is C47H44N2OSi. The number of hydrogen-bond acceptors (Lipinski definition) is 2. The minimum atomic E-state index is -1.40. The summed E-state index contributed by atoms with van der Waals surface area (Å²) >= 11 is 0. The first kappa shape index (κ1) is 31.8. The molecule has 9 rings (SSSR count). The van der Waals surface area contributed by atoms with Crippen molar-refractivity contribution in [2.75, 3.05) is 0 Å². The lowest BCUT2D eigenvalue weighted by Crippen LogP contribution is -2.37. The highest BCUT2D eigenvalue weighted by Gasteiger charge is 2.32. The summed E-state index contributed by atoms with van der Waals surface area (Å²) in [6, 6.07) is 45.7. The Labute approximate surface area is 301 Å². The van der Waals surface area contributed by atoms with Crippen LogP contribution in [0.25, 0.3) is 72.3 Å². The molecule has 0 spiro atoms. The molecule has 2 aromatic heterocycles. The average molecular weight is 681 g/mol. The van der Waals surface area contributed by atoms with Gasteiger partial charge in [0.15, 0.2) is 0 Å². The molecule has 3 nitrogen and oxygen atoms in total. The van der Waals surface area contributed by atoms with Crippen LogP contribution in [-0.4, -0.2) is 17.6 Å². The molecule has 8 aromatic rings. The van der Waals surface area contributed by atoms with Crippen LogP contribution in [0.3, 0.4) is 0 Å². The summed E-state index contributed by atoms with van der Waals surface area (Å²) in [4.78, 5) is 5.39. The number of benzene rings is 6. The summed E-state index contributed by atoms with van der Waals surface area (Å²) in [5.74, 6) is 1.50. The molecule has 0 bridgehead atoms. The van der Waals surface area contributed by atoms with Gasteiger partial charge in [0.25, 0.3) is 0 Å². The molecule has 6 aromatic carbocycles. The Morgan fingerprint density at radius 1 is 0.647 bits per heavy atom. The van der Waals surface area contributed by atoms with Crippen LogP contribution in [-0.2, 0) is 6.42 Å². The van der Waals surface area contributed by atoms with E-state index in [1.165, 1.54) is 46.0 Å². The quantitative estimate of drug-likeness (QED) is 0.164. The maximum absolute atomic E-state index is 6.82. The molecule has 3 heterocycles. The van der Waals surface area contributed by atoms with Crippen LogP contribution in [0.2, 0.25) is 19.1 Å². The Balaban J connectivity index is 1.29. The number of fused-ring (bicyclic) bond motifs is 5. The lowest BCUT2D eigenvalue weighted by atomic mass is 9.87. The fourth-order valence-corrected chi connectivity index (χ4v) is 11.2. The van der Waals surface area contributed by atoms with Gasteiger partial charge in [-0.2, -0.15) is 0 Å². The van der Waals surface area contributed by atoms with Gasteiger partial charge in [-0.05, 0) is 106 Å². The summed E-state index contributed by atoms with van der Waals surface area (Å²) in [6.07, 6.45) is 1.23. The number of aromatic nitrogens is 2. The van der Waals surface area contributed by atoms with Crippen molar-refractivity contribution in [3.63, 3.8) is 0 Å². The zero-order valence-corrected chi connectivity index (χ0v) is 31.4. The van der Waals surface area contributed by atoms with Crippen molar-refractivity contribution in [2.45, 2.75) is 65.1 Å². The van der Waals surface area contributed by atoms with Gasteiger partial charge in [0.05, 0.1) is 30.4 Å². The van der Waals surface area contributed by atoms with Crippen LogP contribution in [0.4, 0.5) is 0 Å². The maximum atomic E-state index is 6.82. The molecule has 0 unspecified atom stereocenters. The van der Waals surface area contributed by atoms with E-state index in [-0.39, 0.29) is 0 Å². The Bertz CT molecular complexity index is 2590. The van der Waals surface area contributed by atoms with Gasteiger partial charge in [-0.3, -0.25) is 4.57 Å². The SMILES string of the molecule is CC(C)c1cc(-c2ccc3c(c2)[Si](C)(C)CC3)cc(C(C)C)c1-n1c(-c2cccc3c2oc2cc(-c4ccccc4)ccc23)nc2ccccc21. The molecule has 0 radical (unpaired) electrons. The second-order valence-electron chi connectivity index (χ2n) is 15.7. The number of imidazole rings is 1. The van der Waals surface area contributed by atoms with Gasteiger partial charge in [-0.1, -0.05) is 125 Å². The van der Waals surface area contributed by atoms with E-state index in [2.05, 4.69) is 167 Å². The molecule has 0 saturated carbocycles. The molecule has 0 aliphatic carbocycles. The molecule has 4 heteroatoms. The van der Waals surface area contributed by atoms with Crippen molar-refractivity contribution in [3.8, 4) is 39.3 Å². The van der Waals surface area contributed by atoms with Crippen molar-refractivity contribution in [1.29, 1.82) is 0 Å². The van der Waals surface area contributed by atoms with Crippen LogP contribution in [0.15, 0.2) is 126 Å². The second-order valence-corrected chi connectivity index (χ2v) is 20.5. The highest BCUT2D eigenvalue weighted by molar-refractivity contribution is 6.91. The topological polar surface area (TPSA) is 31.0 Å². The zero-order valence-electron chi connectivity index (χ0n) is 30.4. The number of aryl methyl sites for hydroxylation is 1. The normalized spacial score (nSPS) is 14.0. The first-order valence-corrected chi connectivity index (χ1v) is 21.7. The summed E-state index contributed by atoms with van der Waals surface area (Å²) in [5, 5.41) is 3.86. The van der Waals surface area contributed by atoms with Crippen LogP contribution in [0.1, 0.15) is 56.2 Å². The predicted octanol–water partition coefficient (Wildman–Crippen LogP) is 12.6. The fourth-order valence-electron chi connectivity index (χ4n) is 8.39. The van der Waals surface area contributed by atoms with Crippen LogP contribution in [0, 0.1) is 0 Å². The van der Waals surface area contributed by atoms with Gasteiger partial charge in [0.1, 0.15) is 17.0 Å². The summed E-state index contributed by atoms with van der Waals surface area (Å²) in [5.41, 5.74) is 15.3. The van der Waals surface area contributed by atoms with Gasteiger partial charge in [0, 0.05) is 10.8 Å². The average Bonchev–Trinajstić information content (AvgIpc) is 3.81. The number of furan rings is 1.